The zero-order valence-corrected chi connectivity index (χ0v) is 11.8. The van der Waals surface area contributed by atoms with Crippen molar-refractivity contribution in [1.82, 2.24) is 0 Å². The smallest absolute Gasteiger partial charge is 0.161 e. The molecule has 0 unspecified atom stereocenters. The third-order valence-electron chi connectivity index (χ3n) is 3.09. The number of halogens is 1. The summed E-state index contributed by atoms with van der Waals surface area (Å²) in [5.41, 5.74) is 0.373. The minimum atomic E-state index is 0.373. The Kier molecular flexibility index (Phi) is 4.32. The van der Waals surface area contributed by atoms with E-state index >= 15 is 0 Å². The Morgan fingerprint density at radius 3 is 2.35 bits per heavy atom. The van der Waals surface area contributed by atoms with Gasteiger partial charge in [0.2, 0.25) is 0 Å². The Morgan fingerprint density at radius 2 is 1.82 bits per heavy atom. The highest BCUT2D eigenvalue weighted by Crippen LogP contribution is 2.47. The number of hydrogen-bond donors (Lipinski definition) is 0. The van der Waals surface area contributed by atoms with Crippen LogP contribution in [0.3, 0.4) is 0 Å². The van der Waals surface area contributed by atoms with Crippen molar-refractivity contribution in [1.29, 1.82) is 0 Å². The van der Waals surface area contributed by atoms with Gasteiger partial charge >= 0.3 is 0 Å². The van der Waals surface area contributed by atoms with Crippen molar-refractivity contribution in [2.24, 2.45) is 5.41 Å². The van der Waals surface area contributed by atoms with E-state index in [2.05, 4.69) is 22.9 Å². The lowest BCUT2D eigenvalue weighted by Crippen LogP contribution is -2.14. The summed E-state index contributed by atoms with van der Waals surface area (Å²) in [6.45, 7) is 3.63. The molecule has 0 amide bonds. The largest absolute Gasteiger partial charge is 0.490 e. The van der Waals surface area contributed by atoms with E-state index in [1.165, 1.54) is 12.8 Å². The first-order valence-corrected chi connectivity index (χ1v) is 7.32. The summed E-state index contributed by atoms with van der Waals surface area (Å²) in [5, 5.41) is 1.03. The van der Waals surface area contributed by atoms with Crippen LogP contribution in [0.4, 0.5) is 0 Å². The molecule has 0 saturated heterocycles. The number of rotatable bonds is 7. The van der Waals surface area contributed by atoms with Crippen molar-refractivity contribution >= 4 is 15.9 Å². The third-order valence-corrected chi connectivity index (χ3v) is 4.27. The maximum atomic E-state index is 5.90. The molecule has 0 N–H and O–H groups in total. The normalized spacial score (nSPS) is 16.6. The zero-order chi connectivity index (χ0) is 12.1. The van der Waals surface area contributed by atoms with Gasteiger partial charge in [-0.25, -0.2) is 0 Å². The van der Waals surface area contributed by atoms with E-state index in [4.69, 9.17) is 9.47 Å². The van der Waals surface area contributed by atoms with Crippen LogP contribution in [-0.4, -0.2) is 18.5 Å². The van der Waals surface area contributed by atoms with E-state index in [-0.39, 0.29) is 0 Å². The fourth-order valence-corrected chi connectivity index (χ4v) is 2.35. The first-order chi connectivity index (χ1) is 8.29. The fraction of sp³-hybridized carbons (Fsp3) is 0.571. The maximum Gasteiger partial charge on any atom is 0.161 e. The van der Waals surface area contributed by atoms with Crippen molar-refractivity contribution in [2.75, 3.05) is 18.5 Å². The number of alkyl halides is 1. The molecule has 1 saturated carbocycles. The lowest BCUT2D eigenvalue weighted by atomic mass is 10.2. The summed E-state index contributed by atoms with van der Waals surface area (Å²) in [6, 6.07) is 7.92. The molecule has 2 rings (SSSR count). The molecule has 1 fully saturated rings. The topological polar surface area (TPSA) is 18.5 Å². The first kappa shape index (κ1) is 12.7. The lowest BCUT2D eigenvalue weighted by molar-refractivity contribution is 0.230. The quantitative estimate of drug-likeness (QED) is 0.708. The van der Waals surface area contributed by atoms with Gasteiger partial charge in [-0.15, -0.1) is 0 Å². The van der Waals surface area contributed by atoms with Crippen LogP contribution >= 0.6 is 15.9 Å². The van der Waals surface area contributed by atoms with Crippen LogP contribution in [0.2, 0.25) is 0 Å². The van der Waals surface area contributed by atoms with Crippen molar-refractivity contribution in [3.05, 3.63) is 24.3 Å². The standard InChI is InChI=1S/C14H19BrO2/c1-2-9-16-12-5-3-4-6-13(12)17-11-14(10-15)7-8-14/h3-6H,2,7-11H2,1H3. The van der Waals surface area contributed by atoms with Crippen LogP contribution in [0, 0.1) is 5.41 Å². The van der Waals surface area contributed by atoms with Crippen LogP contribution in [0.5, 0.6) is 11.5 Å². The molecule has 1 aromatic rings. The molecule has 0 aromatic heterocycles. The number of hydrogen-bond acceptors (Lipinski definition) is 2. The molecule has 3 heteroatoms. The van der Waals surface area contributed by atoms with Gasteiger partial charge in [-0.2, -0.15) is 0 Å². The van der Waals surface area contributed by atoms with Gasteiger partial charge in [-0.05, 0) is 31.4 Å². The van der Waals surface area contributed by atoms with Gasteiger partial charge in [0.1, 0.15) is 0 Å². The minimum Gasteiger partial charge on any atom is -0.490 e. The summed E-state index contributed by atoms with van der Waals surface area (Å²) in [5.74, 6) is 1.73. The Balaban J connectivity index is 1.94. The second kappa shape index (κ2) is 5.76. The minimum absolute atomic E-state index is 0.373. The molecule has 0 bridgehead atoms. The van der Waals surface area contributed by atoms with E-state index in [0.29, 0.717) is 5.41 Å². The van der Waals surface area contributed by atoms with Gasteiger partial charge < -0.3 is 9.47 Å². The fourth-order valence-electron chi connectivity index (χ4n) is 1.62. The van der Waals surface area contributed by atoms with Gasteiger partial charge in [-0.3, -0.25) is 0 Å². The predicted octanol–water partition coefficient (Wildman–Crippen LogP) is 4.03. The summed E-state index contributed by atoms with van der Waals surface area (Å²) in [7, 11) is 0. The van der Waals surface area contributed by atoms with Crippen LogP contribution in [0.15, 0.2) is 24.3 Å². The molecule has 17 heavy (non-hydrogen) atoms. The first-order valence-electron chi connectivity index (χ1n) is 6.20. The highest BCUT2D eigenvalue weighted by atomic mass is 79.9. The van der Waals surface area contributed by atoms with E-state index in [1.807, 2.05) is 24.3 Å². The predicted molar refractivity (Wildman–Crippen MR) is 73.2 cm³/mol. The Morgan fingerprint density at radius 1 is 1.18 bits per heavy atom. The van der Waals surface area contributed by atoms with Crippen molar-refractivity contribution < 1.29 is 9.47 Å². The zero-order valence-electron chi connectivity index (χ0n) is 10.2. The maximum absolute atomic E-state index is 5.90. The summed E-state index contributed by atoms with van der Waals surface area (Å²) in [4.78, 5) is 0. The molecule has 0 spiro atoms. The van der Waals surface area contributed by atoms with Crippen LogP contribution in [0.25, 0.3) is 0 Å². The summed E-state index contributed by atoms with van der Waals surface area (Å²) >= 11 is 3.56. The molecule has 0 radical (unpaired) electrons. The molecule has 0 atom stereocenters. The summed E-state index contributed by atoms with van der Waals surface area (Å²) in [6.07, 6.45) is 3.53. The molecule has 2 nitrogen and oxygen atoms in total. The Labute approximate surface area is 111 Å². The van der Waals surface area contributed by atoms with Crippen molar-refractivity contribution in [3.63, 3.8) is 0 Å². The molecule has 1 aliphatic rings. The van der Waals surface area contributed by atoms with Crippen molar-refractivity contribution in [2.45, 2.75) is 26.2 Å². The van der Waals surface area contributed by atoms with E-state index < -0.39 is 0 Å². The molecular weight excluding hydrogens is 280 g/mol. The van der Waals surface area contributed by atoms with E-state index in [9.17, 15) is 0 Å². The van der Waals surface area contributed by atoms with Crippen LogP contribution in [0.1, 0.15) is 26.2 Å². The monoisotopic (exact) mass is 298 g/mol. The van der Waals surface area contributed by atoms with Gasteiger partial charge in [0.05, 0.1) is 13.2 Å². The Bertz CT molecular complexity index is 361. The molecule has 0 aliphatic heterocycles. The van der Waals surface area contributed by atoms with Gasteiger partial charge in [0.25, 0.3) is 0 Å². The van der Waals surface area contributed by atoms with E-state index in [1.54, 1.807) is 0 Å². The summed E-state index contributed by atoms with van der Waals surface area (Å²) < 4.78 is 11.6. The van der Waals surface area contributed by atoms with Crippen LogP contribution in [-0.2, 0) is 0 Å². The molecule has 1 aliphatic carbocycles. The Hall–Kier alpha value is -0.700. The molecule has 1 aromatic carbocycles. The molecular formula is C14H19BrO2. The number of para-hydroxylation sites is 2. The SMILES string of the molecule is CCCOc1ccccc1OCC1(CBr)CC1. The van der Waals surface area contributed by atoms with Crippen molar-refractivity contribution in [3.8, 4) is 11.5 Å². The number of benzene rings is 1. The average Bonchev–Trinajstić information content (AvgIpc) is 3.15. The highest BCUT2D eigenvalue weighted by molar-refractivity contribution is 9.09. The van der Waals surface area contributed by atoms with Crippen LogP contribution < -0.4 is 9.47 Å². The molecule has 0 heterocycles. The molecule has 94 valence electrons. The highest BCUT2D eigenvalue weighted by Gasteiger charge is 2.42. The van der Waals surface area contributed by atoms with Gasteiger partial charge in [0, 0.05) is 10.7 Å². The van der Waals surface area contributed by atoms with Gasteiger partial charge in [-0.1, -0.05) is 35.0 Å². The average molecular weight is 299 g/mol. The van der Waals surface area contributed by atoms with E-state index in [0.717, 1.165) is 36.5 Å². The van der Waals surface area contributed by atoms with Gasteiger partial charge in [0.15, 0.2) is 11.5 Å². The number of ether oxygens (including phenoxy) is 2. The second-order valence-corrected chi connectivity index (χ2v) is 5.28. The third kappa shape index (κ3) is 3.38. The lowest BCUT2D eigenvalue weighted by Gasteiger charge is -2.16. The second-order valence-electron chi connectivity index (χ2n) is 4.72.